The Labute approximate surface area is 136 Å². The number of rotatable bonds is 5. The maximum Gasteiger partial charge on any atom is 0.321 e. The number of carbonyl (C=O) groups excluding carboxylic acids is 1. The maximum atomic E-state index is 12.0. The van der Waals surface area contributed by atoms with Crippen LogP contribution >= 0.6 is 11.8 Å². The smallest absolute Gasteiger partial charge is 0.321 e. The second kappa shape index (κ2) is 7.54. The van der Waals surface area contributed by atoms with Gasteiger partial charge < -0.3 is 15.3 Å². The molecule has 2 amide bonds. The second-order valence-electron chi connectivity index (χ2n) is 6.29. The molecule has 6 heteroatoms. The maximum absolute atomic E-state index is 12.0. The minimum atomic E-state index is -0.914. The SMILES string of the molecule is CC(CN(C)C(=O)Nc1ccc(SC(C)(C)C)cc1)C(=O)O. The first-order valence-corrected chi connectivity index (χ1v) is 7.94. The van der Waals surface area contributed by atoms with Gasteiger partial charge in [0.1, 0.15) is 0 Å². The van der Waals surface area contributed by atoms with E-state index in [9.17, 15) is 9.59 Å². The van der Waals surface area contributed by atoms with Gasteiger partial charge in [0, 0.05) is 28.9 Å². The van der Waals surface area contributed by atoms with Crippen molar-refractivity contribution in [2.24, 2.45) is 5.92 Å². The van der Waals surface area contributed by atoms with Gasteiger partial charge in [0.15, 0.2) is 0 Å². The molecule has 0 heterocycles. The molecule has 0 bridgehead atoms. The highest BCUT2D eigenvalue weighted by atomic mass is 32.2. The lowest BCUT2D eigenvalue weighted by molar-refractivity contribution is -0.141. The molecule has 2 N–H and O–H groups in total. The van der Waals surface area contributed by atoms with E-state index in [1.807, 2.05) is 24.3 Å². The van der Waals surface area contributed by atoms with Crippen LogP contribution in [-0.4, -0.2) is 40.3 Å². The second-order valence-corrected chi connectivity index (χ2v) is 8.19. The highest BCUT2D eigenvalue weighted by molar-refractivity contribution is 8.00. The van der Waals surface area contributed by atoms with Crippen LogP contribution in [0.25, 0.3) is 0 Å². The molecule has 0 fully saturated rings. The lowest BCUT2D eigenvalue weighted by Crippen LogP contribution is -2.36. The number of amides is 2. The van der Waals surface area contributed by atoms with Crippen LogP contribution in [0.15, 0.2) is 29.2 Å². The largest absolute Gasteiger partial charge is 0.481 e. The molecule has 5 nitrogen and oxygen atoms in total. The molecule has 22 heavy (non-hydrogen) atoms. The minimum Gasteiger partial charge on any atom is -0.481 e. The third-order valence-electron chi connectivity index (χ3n) is 2.85. The fourth-order valence-electron chi connectivity index (χ4n) is 1.75. The van der Waals surface area contributed by atoms with Crippen molar-refractivity contribution in [2.75, 3.05) is 18.9 Å². The zero-order valence-electron chi connectivity index (χ0n) is 13.7. The van der Waals surface area contributed by atoms with Crippen LogP contribution in [0.1, 0.15) is 27.7 Å². The number of urea groups is 1. The molecule has 1 unspecified atom stereocenters. The molecule has 0 aliphatic heterocycles. The van der Waals surface area contributed by atoms with E-state index in [-0.39, 0.29) is 17.3 Å². The van der Waals surface area contributed by atoms with Crippen LogP contribution in [0.3, 0.4) is 0 Å². The normalized spacial score (nSPS) is 12.6. The Bertz CT molecular complexity index is 523. The summed E-state index contributed by atoms with van der Waals surface area (Å²) in [7, 11) is 1.58. The number of carboxylic acid groups (broad SMARTS) is 1. The monoisotopic (exact) mass is 324 g/mol. The van der Waals surface area contributed by atoms with E-state index in [0.717, 1.165) is 4.90 Å². The number of thioether (sulfide) groups is 1. The van der Waals surface area contributed by atoms with Gasteiger partial charge in [0.2, 0.25) is 0 Å². The first-order valence-electron chi connectivity index (χ1n) is 7.12. The topological polar surface area (TPSA) is 69.6 Å². The highest BCUT2D eigenvalue weighted by Gasteiger charge is 2.17. The molecule has 0 spiro atoms. The standard InChI is InChI=1S/C16H24N2O3S/c1-11(14(19)20)10-18(5)15(21)17-12-6-8-13(9-7-12)22-16(2,3)4/h6-9,11H,10H2,1-5H3,(H,17,21)(H,19,20). The Morgan fingerprint density at radius 3 is 2.27 bits per heavy atom. The van der Waals surface area contributed by atoms with E-state index in [4.69, 9.17) is 5.11 Å². The molecule has 0 saturated carbocycles. The third-order valence-corrected chi connectivity index (χ3v) is 3.97. The quantitative estimate of drug-likeness (QED) is 0.809. The highest BCUT2D eigenvalue weighted by Crippen LogP contribution is 2.32. The number of benzene rings is 1. The molecule has 0 aliphatic carbocycles. The van der Waals surface area contributed by atoms with Crippen LogP contribution in [0, 0.1) is 5.92 Å². The Hall–Kier alpha value is -1.69. The fourth-order valence-corrected chi connectivity index (χ4v) is 2.73. The van der Waals surface area contributed by atoms with Gasteiger partial charge in [0.25, 0.3) is 0 Å². The predicted molar refractivity (Wildman–Crippen MR) is 90.5 cm³/mol. The van der Waals surface area contributed by atoms with Crippen molar-refractivity contribution in [3.63, 3.8) is 0 Å². The number of aliphatic carboxylic acids is 1. The molecular weight excluding hydrogens is 300 g/mol. The van der Waals surface area contributed by atoms with Gasteiger partial charge >= 0.3 is 12.0 Å². The molecule has 1 atom stereocenters. The van der Waals surface area contributed by atoms with Gasteiger partial charge in [0.05, 0.1) is 5.92 Å². The lowest BCUT2D eigenvalue weighted by atomic mass is 10.2. The van der Waals surface area contributed by atoms with E-state index in [0.29, 0.717) is 5.69 Å². The summed E-state index contributed by atoms with van der Waals surface area (Å²) in [6.45, 7) is 8.17. The average Bonchev–Trinajstić information content (AvgIpc) is 2.39. The summed E-state index contributed by atoms with van der Waals surface area (Å²) in [5.74, 6) is -1.51. The molecule has 1 aromatic rings. The van der Waals surface area contributed by atoms with Gasteiger partial charge in [-0.05, 0) is 24.3 Å². The number of nitrogens with zero attached hydrogens (tertiary/aromatic N) is 1. The number of carbonyl (C=O) groups is 2. The Morgan fingerprint density at radius 1 is 1.27 bits per heavy atom. The third kappa shape index (κ3) is 6.39. The Morgan fingerprint density at radius 2 is 1.82 bits per heavy atom. The number of anilines is 1. The average molecular weight is 324 g/mol. The van der Waals surface area contributed by atoms with Gasteiger partial charge in [-0.15, -0.1) is 11.8 Å². The molecule has 0 radical (unpaired) electrons. The van der Waals surface area contributed by atoms with E-state index >= 15 is 0 Å². The Balaban J connectivity index is 2.59. The van der Waals surface area contributed by atoms with Crippen molar-refractivity contribution >= 4 is 29.4 Å². The van der Waals surface area contributed by atoms with Crippen LogP contribution in [0.2, 0.25) is 0 Å². The first kappa shape index (κ1) is 18.4. The van der Waals surface area contributed by atoms with Gasteiger partial charge in [-0.1, -0.05) is 27.7 Å². The predicted octanol–water partition coefficient (Wildman–Crippen LogP) is 3.76. The molecule has 1 rings (SSSR count). The number of hydrogen-bond acceptors (Lipinski definition) is 3. The van der Waals surface area contributed by atoms with Crippen molar-refractivity contribution in [3.05, 3.63) is 24.3 Å². The van der Waals surface area contributed by atoms with Gasteiger partial charge in [-0.3, -0.25) is 4.79 Å². The fraction of sp³-hybridized carbons (Fsp3) is 0.500. The van der Waals surface area contributed by atoms with Crippen molar-refractivity contribution in [3.8, 4) is 0 Å². The molecule has 0 aromatic heterocycles. The molecule has 0 saturated heterocycles. The number of carboxylic acids is 1. The van der Waals surface area contributed by atoms with Crippen molar-refractivity contribution in [2.45, 2.75) is 37.3 Å². The summed E-state index contributed by atoms with van der Waals surface area (Å²) in [6, 6.07) is 7.31. The zero-order chi connectivity index (χ0) is 16.9. The van der Waals surface area contributed by atoms with Crippen LogP contribution in [0.5, 0.6) is 0 Å². The van der Waals surface area contributed by atoms with Gasteiger partial charge in [-0.2, -0.15) is 0 Å². The van der Waals surface area contributed by atoms with E-state index in [2.05, 4.69) is 26.1 Å². The molecule has 0 aliphatic rings. The number of nitrogens with one attached hydrogen (secondary N) is 1. The van der Waals surface area contributed by atoms with Crippen molar-refractivity contribution in [1.82, 2.24) is 4.90 Å². The van der Waals surface area contributed by atoms with Crippen molar-refractivity contribution < 1.29 is 14.7 Å². The summed E-state index contributed by atoms with van der Waals surface area (Å²) in [5.41, 5.74) is 0.693. The van der Waals surface area contributed by atoms with E-state index in [1.165, 1.54) is 4.90 Å². The van der Waals surface area contributed by atoms with Crippen molar-refractivity contribution in [1.29, 1.82) is 0 Å². The molecule has 1 aromatic carbocycles. The molecular formula is C16H24N2O3S. The van der Waals surface area contributed by atoms with E-state index < -0.39 is 11.9 Å². The van der Waals surface area contributed by atoms with Crippen LogP contribution in [-0.2, 0) is 4.79 Å². The van der Waals surface area contributed by atoms with E-state index in [1.54, 1.807) is 25.7 Å². The number of hydrogen-bond donors (Lipinski definition) is 2. The first-order chi connectivity index (χ1) is 10.1. The lowest BCUT2D eigenvalue weighted by Gasteiger charge is -2.20. The summed E-state index contributed by atoms with van der Waals surface area (Å²) >= 11 is 1.76. The minimum absolute atomic E-state index is 0.137. The summed E-state index contributed by atoms with van der Waals surface area (Å²) in [6.07, 6.45) is 0. The van der Waals surface area contributed by atoms with Gasteiger partial charge in [-0.25, -0.2) is 4.79 Å². The Kier molecular flexibility index (Phi) is 6.29. The summed E-state index contributed by atoms with van der Waals surface area (Å²) < 4.78 is 0.137. The van der Waals surface area contributed by atoms with Crippen LogP contribution in [0.4, 0.5) is 10.5 Å². The zero-order valence-corrected chi connectivity index (χ0v) is 14.5. The molecule has 122 valence electrons. The summed E-state index contributed by atoms with van der Waals surface area (Å²) in [5, 5.41) is 11.6. The van der Waals surface area contributed by atoms with Crippen LogP contribution < -0.4 is 5.32 Å². The summed E-state index contributed by atoms with van der Waals surface area (Å²) in [4.78, 5) is 25.3.